The summed E-state index contributed by atoms with van der Waals surface area (Å²) in [7, 11) is 0. The van der Waals surface area contributed by atoms with Gasteiger partial charge in [-0.25, -0.2) is 4.79 Å². The van der Waals surface area contributed by atoms with Gasteiger partial charge in [0.25, 0.3) is 0 Å². The van der Waals surface area contributed by atoms with Gasteiger partial charge in [-0.1, -0.05) is 6.07 Å². The monoisotopic (exact) mass is 397 g/mol. The smallest absolute Gasteiger partial charge is 0.416 e. The topological polar surface area (TPSA) is 81.7 Å². The molecule has 0 aromatic heterocycles. The lowest BCUT2D eigenvalue weighted by Gasteiger charge is -2.37. The Kier molecular flexibility index (Phi) is 4.52. The van der Waals surface area contributed by atoms with Crippen LogP contribution in [0, 0.1) is 11.3 Å². The van der Waals surface area contributed by atoms with E-state index in [2.05, 4.69) is 10.6 Å². The Balaban J connectivity index is 1.55. The van der Waals surface area contributed by atoms with Crippen molar-refractivity contribution in [1.82, 2.24) is 15.5 Å². The first kappa shape index (κ1) is 19.0. The zero-order valence-corrected chi connectivity index (χ0v) is 15.2. The van der Waals surface area contributed by atoms with Crippen molar-refractivity contribution in [2.45, 2.75) is 38.0 Å². The molecule has 2 heterocycles. The molecule has 1 aliphatic carbocycles. The number of hydrogen-bond donors (Lipinski definition) is 3. The summed E-state index contributed by atoms with van der Waals surface area (Å²) < 4.78 is 39.1. The molecule has 4 rings (SSSR count). The predicted octanol–water partition coefficient (Wildman–Crippen LogP) is 2.23. The number of carbonyl (C=O) groups is 2. The molecule has 1 aromatic carbocycles. The summed E-state index contributed by atoms with van der Waals surface area (Å²) in [6, 6.07) is 3.45. The van der Waals surface area contributed by atoms with E-state index in [1.54, 1.807) is 4.90 Å². The van der Waals surface area contributed by atoms with Gasteiger partial charge in [-0.3, -0.25) is 4.79 Å². The SMILES string of the molecule is O=C(O)N[C@@H]1C[C@H]2CNC[C@@]2(C(=O)N2CCc3ccc(C(F)(F)F)cc3C2)C1. The van der Waals surface area contributed by atoms with Crippen LogP contribution in [0.4, 0.5) is 18.0 Å². The van der Waals surface area contributed by atoms with E-state index in [0.29, 0.717) is 44.5 Å². The molecule has 2 amide bonds. The fraction of sp³-hybridized carbons (Fsp3) is 0.579. The summed E-state index contributed by atoms with van der Waals surface area (Å²) in [5.41, 5.74) is -0.0172. The van der Waals surface area contributed by atoms with Gasteiger partial charge in [0.2, 0.25) is 5.91 Å². The lowest BCUT2D eigenvalue weighted by Crippen LogP contribution is -2.49. The standard InChI is InChI=1S/C19H22F3N3O3/c20-19(21,22)13-2-1-11-3-4-25(9-12(11)5-13)16(26)18-7-15(24-17(27)28)6-14(18)8-23-10-18/h1-2,5,14-15,23-24H,3-4,6-10H2,(H,27,28)/t14-,15+,18-/m0/s1. The fourth-order valence-corrected chi connectivity index (χ4v) is 5.07. The first-order valence-electron chi connectivity index (χ1n) is 9.37. The molecule has 6 nitrogen and oxygen atoms in total. The summed E-state index contributed by atoms with van der Waals surface area (Å²) in [6.07, 6.45) is -3.99. The lowest BCUT2D eigenvalue weighted by molar-refractivity contribution is -0.143. The Labute approximate surface area is 160 Å². The maximum absolute atomic E-state index is 13.4. The van der Waals surface area contributed by atoms with Crippen molar-refractivity contribution in [2.24, 2.45) is 11.3 Å². The molecule has 0 bridgehead atoms. The summed E-state index contributed by atoms with van der Waals surface area (Å²) in [4.78, 5) is 26.0. The van der Waals surface area contributed by atoms with E-state index < -0.39 is 23.2 Å². The Bertz CT molecular complexity index is 813. The van der Waals surface area contributed by atoms with E-state index in [-0.39, 0.29) is 24.4 Å². The number of benzene rings is 1. The van der Waals surface area contributed by atoms with Crippen LogP contribution in [0.3, 0.4) is 0 Å². The number of carboxylic acid groups (broad SMARTS) is 1. The van der Waals surface area contributed by atoms with Crippen LogP contribution in [-0.2, 0) is 23.9 Å². The second-order valence-electron chi connectivity index (χ2n) is 8.03. The highest BCUT2D eigenvalue weighted by Crippen LogP contribution is 2.47. The number of rotatable bonds is 2. The minimum absolute atomic E-state index is 0.0276. The number of nitrogens with zero attached hydrogens (tertiary/aromatic N) is 1. The molecule has 0 unspecified atom stereocenters. The van der Waals surface area contributed by atoms with Crippen molar-refractivity contribution in [1.29, 1.82) is 0 Å². The zero-order chi connectivity index (χ0) is 20.1. The van der Waals surface area contributed by atoms with Crippen LogP contribution in [0.15, 0.2) is 18.2 Å². The van der Waals surface area contributed by atoms with Gasteiger partial charge in [0, 0.05) is 25.7 Å². The van der Waals surface area contributed by atoms with E-state index in [9.17, 15) is 22.8 Å². The third-order valence-electron chi connectivity index (χ3n) is 6.38. The average molecular weight is 397 g/mol. The van der Waals surface area contributed by atoms with Crippen molar-refractivity contribution in [3.8, 4) is 0 Å². The number of alkyl halides is 3. The zero-order valence-electron chi connectivity index (χ0n) is 15.2. The van der Waals surface area contributed by atoms with Crippen molar-refractivity contribution in [3.05, 3.63) is 34.9 Å². The van der Waals surface area contributed by atoms with Gasteiger partial charge < -0.3 is 20.6 Å². The van der Waals surface area contributed by atoms with Crippen molar-refractivity contribution >= 4 is 12.0 Å². The third-order valence-corrected chi connectivity index (χ3v) is 6.38. The van der Waals surface area contributed by atoms with Crippen molar-refractivity contribution < 1.29 is 27.9 Å². The molecule has 3 atom stereocenters. The number of halogens is 3. The van der Waals surface area contributed by atoms with Gasteiger partial charge in [-0.05, 0) is 55.0 Å². The van der Waals surface area contributed by atoms with Gasteiger partial charge in [0.1, 0.15) is 0 Å². The average Bonchev–Trinajstić information content (AvgIpc) is 3.16. The summed E-state index contributed by atoms with van der Waals surface area (Å²) in [5.74, 6) is -0.0555. The molecule has 1 saturated heterocycles. The normalized spacial score (nSPS) is 29.3. The Hall–Kier alpha value is -2.29. The molecule has 28 heavy (non-hydrogen) atoms. The molecular weight excluding hydrogens is 375 g/mol. The molecular formula is C19H22F3N3O3. The van der Waals surface area contributed by atoms with E-state index in [0.717, 1.165) is 17.7 Å². The summed E-state index contributed by atoms with van der Waals surface area (Å²) >= 11 is 0. The predicted molar refractivity (Wildman–Crippen MR) is 93.5 cm³/mol. The molecule has 3 aliphatic rings. The van der Waals surface area contributed by atoms with Gasteiger partial charge in [-0.2, -0.15) is 13.2 Å². The van der Waals surface area contributed by atoms with Crippen LogP contribution in [0.1, 0.15) is 29.5 Å². The highest BCUT2D eigenvalue weighted by atomic mass is 19.4. The molecule has 2 aliphatic heterocycles. The molecule has 9 heteroatoms. The maximum atomic E-state index is 13.4. The van der Waals surface area contributed by atoms with Crippen LogP contribution < -0.4 is 10.6 Å². The van der Waals surface area contributed by atoms with Gasteiger partial charge >= 0.3 is 12.3 Å². The second-order valence-corrected chi connectivity index (χ2v) is 8.03. The van der Waals surface area contributed by atoms with Crippen molar-refractivity contribution in [2.75, 3.05) is 19.6 Å². The highest BCUT2D eigenvalue weighted by Gasteiger charge is 2.56. The van der Waals surface area contributed by atoms with Crippen LogP contribution >= 0.6 is 0 Å². The minimum atomic E-state index is -4.42. The number of nitrogens with one attached hydrogen (secondary N) is 2. The van der Waals surface area contributed by atoms with Gasteiger partial charge in [0.05, 0.1) is 11.0 Å². The van der Waals surface area contributed by atoms with Crippen molar-refractivity contribution in [3.63, 3.8) is 0 Å². The molecule has 0 radical (unpaired) electrons. The molecule has 1 aromatic rings. The molecule has 1 saturated carbocycles. The Morgan fingerprint density at radius 3 is 2.79 bits per heavy atom. The Morgan fingerprint density at radius 1 is 1.29 bits per heavy atom. The molecule has 152 valence electrons. The molecule has 3 N–H and O–H groups in total. The van der Waals surface area contributed by atoms with Crippen LogP contribution in [0.5, 0.6) is 0 Å². The van der Waals surface area contributed by atoms with Crippen LogP contribution in [0.2, 0.25) is 0 Å². The molecule has 2 fully saturated rings. The highest BCUT2D eigenvalue weighted by molar-refractivity contribution is 5.85. The number of carbonyl (C=O) groups excluding carboxylic acids is 1. The second kappa shape index (κ2) is 6.65. The first-order chi connectivity index (χ1) is 13.2. The quantitative estimate of drug-likeness (QED) is 0.715. The van der Waals surface area contributed by atoms with Crippen LogP contribution in [0.25, 0.3) is 0 Å². The van der Waals surface area contributed by atoms with Gasteiger partial charge in [-0.15, -0.1) is 0 Å². The first-order valence-corrected chi connectivity index (χ1v) is 9.37. The van der Waals surface area contributed by atoms with E-state index >= 15 is 0 Å². The van der Waals surface area contributed by atoms with E-state index in [1.165, 1.54) is 6.07 Å². The minimum Gasteiger partial charge on any atom is -0.465 e. The number of fused-ring (bicyclic) bond motifs is 2. The molecule has 0 spiro atoms. The Morgan fingerprint density at radius 2 is 2.07 bits per heavy atom. The van der Waals surface area contributed by atoms with E-state index in [1.807, 2.05) is 0 Å². The maximum Gasteiger partial charge on any atom is 0.416 e. The fourth-order valence-electron chi connectivity index (χ4n) is 5.07. The summed E-state index contributed by atoms with van der Waals surface area (Å²) in [6.45, 7) is 1.73. The van der Waals surface area contributed by atoms with E-state index in [4.69, 9.17) is 5.11 Å². The van der Waals surface area contributed by atoms with Crippen LogP contribution in [-0.4, -0.2) is 47.7 Å². The summed E-state index contributed by atoms with van der Waals surface area (Å²) in [5, 5.41) is 14.7. The van der Waals surface area contributed by atoms with Gasteiger partial charge in [0.15, 0.2) is 0 Å². The largest absolute Gasteiger partial charge is 0.465 e. The third kappa shape index (κ3) is 3.21. The lowest BCUT2D eigenvalue weighted by atomic mass is 9.78. The number of hydrogen-bond acceptors (Lipinski definition) is 3. The number of amides is 2.